The molecule has 60 heavy (non-hydrogen) atoms. The van der Waals surface area contributed by atoms with Crippen molar-refractivity contribution in [1.29, 1.82) is 0 Å². The van der Waals surface area contributed by atoms with Gasteiger partial charge >= 0.3 is 0 Å². The Labute approximate surface area is 342 Å². The number of nitrogens with zero attached hydrogens (tertiary/aromatic N) is 4. The Bertz CT molecular complexity index is 2950. The number of halogens is 6. The van der Waals surface area contributed by atoms with Crippen molar-refractivity contribution < 1.29 is 26.3 Å². The second-order valence-corrected chi connectivity index (χ2v) is 20.0. The average Bonchev–Trinajstić information content (AvgIpc) is 4.05. The van der Waals surface area contributed by atoms with Crippen LogP contribution < -0.4 is 0 Å². The number of allylic oxidation sites excluding steroid dienone is 12. The van der Waals surface area contributed by atoms with Gasteiger partial charge in [-0.25, -0.2) is 46.3 Å². The molecule has 0 unspecified atom stereocenters. The van der Waals surface area contributed by atoms with E-state index in [2.05, 4.69) is 31.1 Å². The zero-order chi connectivity index (χ0) is 41.9. The molecule has 5 aliphatic rings. The molecule has 0 aliphatic carbocycles. The van der Waals surface area contributed by atoms with E-state index in [1.165, 1.54) is 42.5 Å². The van der Waals surface area contributed by atoms with Gasteiger partial charge in [-0.2, -0.15) is 0 Å². The van der Waals surface area contributed by atoms with Crippen molar-refractivity contribution in [3.63, 3.8) is 0 Å². The summed E-state index contributed by atoms with van der Waals surface area (Å²) in [6.07, 6.45) is 12.4. The molecule has 0 radical (unpaired) electrons. The Morgan fingerprint density at radius 1 is 0.383 bits per heavy atom. The Morgan fingerprint density at radius 3 is 1.00 bits per heavy atom. The number of rotatable bonds is 4. The van der Waals surface area contributed by atoms with E-state index in [9.17, 15) is 0 Å². The molecule has 0 fully saturated rings. The highest BCUT2D eigenvalue weighted by Gasteiger charge is 2.32. The first kappa shape index (κ1) is 38.4. The molecule has 4 aromatic rings. The third-order valence-electron chi connectivity index (χ3n) is 10.0. The molecule has 0 atom stereocenters. The summed E-state index contributed by atoms with van der Waals surface area (Å²) in [6, 6.07) is 17.8. The van der Waals surface area contributed by atoms with Crippen LogP contribution in [-0.4, -0.2) is 30.9 Å². The molecule has 8 bridgehead atoms. The SMILES string of the molecule is C[Si](C)(C)C#Cc1ccc(C2=C3C=CC(=N3)C(c3c(F)cccc3F)=C3C=CC(=N3)C(c3c(F)cccc3F)=C3C=CC(=N3)C(c3c(F)cccc3F)=C3C=CC2=N3)cc1. The number of hydrogen-bond acceptors (Lipinski definition) is 4. The van der Waals surface area contributed by atoms with Crippen LogP contribution in [0.15, 0.2) is 170 Å². The molecular formula is C49H30F6N4Si. The molecule has 0 saturated heterocycles. The first-order valence-corrected chi connectivity index (χ1v) is 22.4. The van der Waals surface area contributed by atoms with E-state index in [0.29, 0.717) is 22.5 Å². The Hall–Kier alpha value is -7.16. The lowest BCUT2D eigenvalue weighted by Crippen LogP contribution is -2.16. The fourth-order valence-electron chi connectivity index (χ4n) is 7.34. The minimum atomic E-state index is -1.68. The Morgan fingerprint density at radius 2 is 0.683 bits per heavy atom. The average molecular weight is 817 g/mol. The summed E-state index contributed by atoms with van der Waals surface area (Å²) in [6.45, 7) is 6.44. The fourth-order valence-corrected chi connectivity index (χ4v) is 7.86. The van der Waals surface area contributed by atoms with Crippen LogP contribution in [0.5, 0.6) is 0 Å². The van der Waals surface area contributed by atoms with E-state index in [1.807, 2.05) is 24.3 Å². The van der Waals surface area contributed by atoms with Crippen LogP contribution in [0.4, 0.5) is 26.3 Å². The second-order valence-electron chi connectivity index (χ2n) is 15.2. The normalized spacial score (nSPS) is 16.8. The van der Waals surface area contributed by atoms with E-state index in [0.717, 1.165) is 42.0 Å². The number of fused-ring (bicyclic) bond motifs is 4. The molecule has 0 N–H and O–H groups in total. The summed E-state index contributed by atoms with van der Waals surface area (Å²) in [4.78, 5) is 19.4. The second kappa shape index (κ2) is 14.9. The van der Waals surface area contributed by atoms with Crippen molar-refractivity contribution in [2.75, 3.05) is 0 Å². The summed E-state index contributed by atoms with van der Waals surface area (Å²) >= 11 is 0. The number of hydrogen-bond donors (Lipinski definition) is 0. The first-order valence-electron chi connectivity index (χ1n) is 18.9. The summed E-state index contributed by atoms with van der Waals surface area (Å²) in [5, 5.41) is 0. The van der Waals surface area contributed by atoms with Crippen LogP contribution in [0.3, 0.4) is 0 Å². The lowest BCUT2D eigenvalue weighted by Gasteiger charge is -2.14. The summed E-state index contributed by atoms with van der Waals surface area (Å²) in [5.41, 5.74) is 4.97. The molecule has 0 amide bonds. The Balaban J connectivity index is 1.38. The monoisotopic (exact) mass is 816 g/mol. The molecule has 292 valence electrons. The maximum Gasteiger partial charge on any atom is 0.134 e. The fraction of sp³-hybridized carbons (Fsp3) is 0.0612. The highest BCUT2D eigenvalue weighted by molar-refractivity contribution is 6.83. The van der Waals surface area contributed by atoms with Gasteiger partial charge in [0.05, 0.1) is 62.3 Å². The third-order valence-corrected chi connectivity index (χ3v) is 10.9. The standard InChI is InChI=1S/C49H30F6N4Si/c1-60(2,3)26-25-27-13-15-28(16-14-27)43-35-17-19-37(56-35)47(44-29(50)7-4-8-30(44)51)39-21-23-41(58-39)49(46-33(54)11-6-12-34(46)55)42-24-22-40(59-42)48(38-20-18-36(43)57-38)45-31(52)9-5-10-32(45)53/h4-24H,1-3H3. The number of benzene rings is 4. The molecule has 0 aromatic heterocycles. The van der Waals surface area contributed by atoms with Gasteiger partial charge in [0.25, 0.3) is 0 Å². The molecule has 11 heteroatoms. The molecule has 4 nitrogen and oxygen atoms in total. The van der Waals surface area contributed by atoms with Gasteiger partial charge in [0.15, 0.2) is 0 Å². The number of aliphatic imine (C=N–C) groups is 4. The van der Waals surface area contributed by atoms with Gasteiger partial charge < -0.3 is 0 Å². The zero-order valence-electron chi connectivity index (χ0n) is 32.2. The predicted octanol–water partition coefficient (Wildman–Crippen LogP) is 11.8. The van der Waals surface area contributed by atoms with E-state index in [1.54, 1.807) is 24.3 Å². The largest absolute Gasteiger partial charge is 0.248 e. The smallest absolute Gasteiger partial charge is 0.134 e. The molecule has 0 spiro atoms. The van der Waals surface area contributed by atoms with Crippen LogP contribution in [-0.2, 0) is 0 Å². The van der Waals surface area contributed by atoms with E-state index in [-0.39, 0.29) is 50.9 Å². The lowest BCUT2D eigenvalue weighted by molar-refractivity contribution is 0.577. The van der Waals surface area contributed by atoms with Crippen molar-refractivity contribution in [1.82, 2.24) is 0 Å². The van der Waals surface area contributed by atoms with E-state index >= 15 is 26.3 Å². The quantitative estimate of drug-likeness (QED) is 0.112. The van der Waals surface area contributed by atoms with Crippen LogP contribution in [0.2, 0.25) is 19.6 Å². The van der Waals surface area contributed by atoms with Crippen LogP contribution in [0.25, 0.3) is 22.3 Å². The zero-order valence-corrected chi connectivity index (χ0v) is 33.2. The summed E-state index contributed by atoms with van der Waals surface area (Å²) in [5.74, 6) is -2.16. The summed E-state index contributed by atoms with van der Waals surface area (Å²) < 4.78 is 94.9. The van der Waals surface area contributed by atoms with Gasteiger partial charge in [0, 0.05) is 27.9 Å². The molecule has 0 saturated carbocycles. The van der Waals surface area contributed by atoms with Crippen LogP contribution >= 0.6 is 0 Å². The van der Waals surface area contributed by atoms with E-state index in [4.69, 9.17) is 20.0 Å². The van der Waals surface area contributed by atoms with Gasteiger partial charge in [-0.1, -0.05) is 55.9 Å². The van der Waals surface area contributed by atoms with Crippen LogP contribution in [0, 0.1) is 46.4 Å². The van der Waals surface area contributed by atoms with Gasteiger partial charge in [0.1, 0.15) is 43.0 Å². The molecular weight excluding hydrogens is 787 g/mol. The molecule has 5 heterocycles. The minimum Gasteiger partial charge on any atom is -0.248 e. The first-order chi connectivity index (χ1) is 28.8. The Kier molecular flexibility index (Phi) is 9.52. The van der Waals surface area contributed by atoms with E-state index < -0.39 is 59.7 Å². The highest BCUT2D eigenvalue weighted by atomic mass is 28.3. The van der Waals surface area contributed by atoms with Gasteiger partial charge in [-0.3, -0.25) is 0 Å². The lowest BCUT2D eigenvalue weighted by atomic mass is 9.97. The van der Waals surface area contributed by atoms with Crippen LogP contribution in [0.1, 0.15) is 27.8 Å². The summed E-state index contributed by atoms with van der Waals surface area (Å²) in [7, 11) is -1.68. The molecule has 4 aromatic carbocycles. The van der Waals surface area contributed by atoms with Gasteiger partial charge in [-0.15, -0.1) is 5.54 Å². The maximum absolute atomic E-state index is 15.8. The van der Waals surface area contributed by atoms with Crippen molar-refractivity contribution in [3.8, 4) is 11.5 Å². The van der Waals surface area contributed by atoms with Gasteiger partial charge in [-0.05, 0) is 103 Å². The van der Waals surface area contributed by atoms with Crippen molar-refractivity contribution in [2.24, 2.45) is 20.0 Å². The van der Waals surface area contributed by atoms with Crippen molar-refractivity contribution in [3.05, 3.63) is 213 Å². The molecule has 5 aliphatic heterocycles. The third kappa shape index (κ3) is 6.94. The minimum absolute atomic E-state index is 0.00341. The topological polar surface area (TPSA) is 49.4 Å². The predicted molar refractivity (Wildman–Crippen MR) is 230 cm³/mol. The van der Waals surface area contributed by atoms with Crippen molar-refractivity contribution >= 4 is 53.2 Å². The highest BCUT2D eigenvalue weighted by Crippen LogP contribution is 2.40. The molecule has 9 rings (SSSR count). The van der Waals surface area contributed by atoms with Crippen molar-refractivity contribution in [2.45, 2.75) is 19.6 Å². The van der Waals surface area contributed by atoms with Gasteiger partial charge in [0.2, 0.25) is 0 Å². The maximum atomic E-state index is 15.8.